The van der Waals surface area contributed by atoms with Gasteiger partial charge in [0, 0.05) is 30.1 Å². The zero-order chi connectivity index (χ0) is 30.0. The molecule has 0 aliphatic carbocycles. The van der Waals surface area contributed by atoms with Crippen molar-refractivity contribution in [3.63, 3.8) is 0 Å². The van der Waals surface area contributed by atoms with Crippen LogP contribution in [0.2, 0.25) is 0 Å². The number of hydrazine groups is 1. The lowest BCUT2D eigenvalue weighted by molar-refractivity contribution is -0.145. The molecule has 0 bridgehead atoms. The summed E-state index contributed by atoms with van der Waals surface area (Å²) in [7, 11) is -3.44. The lowest BCUT2D eigenvalue weighted by atomic mass is 9.92. The van der Waals surface area contributed by atoms with Gasteiger partial charge in [-0.3, -0.25) is 24.8 Å². The summed E-state index contributed by atoms with van der Waals surface area (Å²) in [4.78, 5) is 37.9. The summed E-state index contributed by atoms with van der Waals surface area (Å²) >= 11 is 0. The number of nitrogens with zero attached hydrogens (tertiary/aromatic N) is 1. The third kappa shape index (κ3) is 10.5. The summed E-state index contributed by atoms with van der Waals surface area (Å²) < 4.78 is 25.1. The SMILES string of the molecule is CC(C)CC(NC(=O)c1cccc(NCS(=O)(=O)Cc2ccccc2)c1)C(O)CC(C)C(=O)NN1CCCCC1=O. The van der Waals surface area contributed by atoms with Crippen molar-refractivity contribution in [2.45, 2.75) is 70.8 Å². The highest BCUT2D eigenvalue weighted by Gasteiger charge is 2.29. The predicted octanol–water partition coefficient (Wildman–Crippen LogP) is 3.25. The molecule has 11 heteroatoms. The van der Waals surface area contributed by atoms with Gasteiger partial charge in [-0.25, -0.2) is 8.42 Å². The van der Waals surface area contributed by atoms with Gasteiger partial charge in [0.2, 0.25) is 11.8 Å². The van der Waals surface area contributed by atoms with E-state index in [-0.39, 0.29) is 35.8 Å². The topological polar surface area (TPSA) is 145 Å². The van der Waals surface area contributed by atoms with Crippen molar-refractivity contribution in [2.75, 3.05) is 17.7 Å². The molecule has 0 spiro atoms. The van der Waals surface area contributed by atoms with E-state index in [1.165, 1.54) is 5.01 Å². The first-order valence-corrected chi connectivity index (χ1v) is 15.9. The molecule has 10 nitrogen and oxygen atoms in total. The minimum Gasteiger partial charge on any atom is -0.391 e. The molecular weight excluding hydrogens is 544 g/mol. The number of aliphatic hydroxyl groups is 1. The second-order valence-corrected chi connectivity index (χ2v) is 13.2. The molecule has 3 atom stereocenters. The molecule has 0 radical (unpaired) electrons. The Kier molecular flexibility index (Phi) is 11.7. The highest BCUT2D eigenvalue weighted by Crippen LogP contribution is 2.18. The van der Waals surface area contributed by atoms with Crippen LogP contribution in [0.5, 0.6) is 0 Å². The van der Waals surface area contributed by atoms with Crippen LogP contribution in [0.25, 0.3) is 0 Å². The lowest BCUT2D eigenvalue weighted by Crippen LogP contribution is -2.51. The molecule has 1 heterocycles. The largest absolute Gasteiger partial charge is 0.391 e. The van der Waals surface area contributed by atoms with E-state index in [4.69, 9.17) is 0 Å². The average Bonchev–Trinajstić information content (AvgIpc) is 2.93. The average molecular weight is 587 g/mol. The van der Waals surface area contributed by atoms with Crippen LogP contribution in [-0.4, -0.2) is 60.8 Å². The van der Waals surface area contributed by atoms with Crippen molar-refractivity contribution in [1.29, 1.82) is 0 Å². The monoisotopic (exact) mass is 586 g/mol. The Morgan fingerprint density at radius 1 is 1.00 bits per heavy atom. The van der Waals surface area contributed by atoms with Crippen LogP contribution in [-0.2, 0) is 25.2 Å². The number of hydrogen-bond donors (Lipinski definition) is 4. The Balaban J connectivity index is 1.59. The van der Waals surface area contributed by atoms with Gasteiger partial charge in [-0.1, -0.05) is 57.2 Å². The van der Waals surface area contributed by atoms with E-state index in [9.17, 15) is 27.9 Å². The zero-order valence-electron chi connectivity index (χ0n) is 24.0. The van der Waals surface area contributed by atoms with E-state index >= 15 is 0 Å². The Labute approximate surface area is 242 Å². The van der Waals surface area contributed by atoms with Crippen LogP contribution in [0, 0.1) is 11.8 Å². The van der Waals surface area contributed by atoms with E-state index in [1.807, 2.05) is 19.9 Å². The summed E-state index contributed by atoms with van der Waals surface area (Å²) in [6.07, 6.45) is 1.63. The molecule has 1 fully saturated rings. The standard InChI is InChI=1S/C30H42N4O6S/c1-21(2)16-26(27(35)17-22(3)29(37)33-34-15-8-7-14-28(34)36)32-30(38)24-12-9-13-25(18-24)31-20-41(39,40)19-23-10-5-4-6-11-23/h4-6,9-13,18,21-22,26-27,31,35H,7-8,14-17,19-20H2,1-3H3,(H,32,38)(H,33,37). The third-order valence-electron chi connectivity index (χ3n) is 6.97. The number of piperidine rings is 1. The maximum Gasteiger partial charge on any atom is 0.251 e. The molecule has 0 saturated carbocycles. The first kappa shape index (κ1) is 32.1. The fraction of sp³-hybridized carbons (Fsp3) is 0.500. The number of hydrogen-bond acceptors (Lipinski definition) is 7. The van der Waals surface area contributed by atoms with Gasteiger partial charge in [-0.2, -0.15) is 0 Å². The van der Waals surface area contributed by atoms with Crippen LogP contribution in [0.3, 0.4) is 0 Å². The first-order valence-electron chi connectivity index (χ1n) is 14.1. The van der Waals surface area contributed by atoms with E-state index < -0.39 is 33.8 Å². The fourth-order valence-electron chi connectivity index (χ4n) is 4.72. The molecule has 4 N–H and O–H groups in total. The van der Waals surface area contributed by atoms with Crippen molar-refractivity contribution < 1.29 is 27.9 Å². The summed E-state index contributed by atoms with van der Waals surface area (Å²) in [5.41, 5.74) is 4.15. The molecule has 3 unspecified atom stereocenters. The molecule has 3 amide bonds. The van der Waals surface area contributed by atoms with Gasteiger partial charge in [0.25, 0.3) is 5.91 Å². The van der Waals surface area contributed by atoms with E-state index in [2.05, 4.69) is 16.1 Å². The molecule has 2 aromatic carbocycles. The molecule has 1 aliphatic rings. The minimum absolute atomic E-state index is 0.0967. The van der Waals surface area contributed by atoms with Crippen molar-refractivity contribution in [3.05, 3.63) is 65.7 Å². The van der Waals surface area contributed by atoms with Gasteiger partial charge in [0.1, 0.15) is 5.88 Å². The number of rotatable bonds is 14. The summed E-state index contributed by atoms with van der Waals surface area (Å²) in [6, 6.07) is 14.8. The molecule has 41 heavy (non-hydrogen) atoms. The van der Waals surface area contributed by atoms with E-state index in [1.54, 1.807) is 55.5 Å². The Morgan fingerprint density at radius 2 is 1.73 bits per heavy atom. The smallest absolute Gasteiger partial charge is 0.251 e. The van der Waals surface area contributed by atoms with Crippen molar-refractivity contribution in [1.82, 2.24) is 15.8 Å². The third-order valence-corrected chi connectivity index (χ3v) is 8.33. The second-order valence-electron chi connectivity index (χ2n) is 11.2. The molecule has 3 rings (SSSR count). The Morgan fingerprint density at radius 3 is 2.41 bits per heavy atom. The quantitative estimate of drug-likeness (QED) is 0.266. The molecule has 1 saturated heterocycles. The maximum atomic E-state index is 13.2. The van der Waals surface area contributed by atoms with Crippen molar-refractivity contribution >= 4 is 33.2 Å². The predicted molar refractivity (Wildman–Crippen MR) is 158 cm³/mol. The van der Waals surface area contributed by atoms with Gasteiger partial charge in [-0.05, 0) is 55.4 Å². The van der Waals surface area contributed by atoms with Crippen molar-refractivity contribution in [2.24, 2.45) is 11.8 Å². The number of nitrogens with one attached hydrogen (secondary N) is 3. The second kappa shape index (κ2) is 15.0. The highest BCUT2D eigenvalue weighted by molar-refractivity contribution is 7.90. The number of benzene rings is 2. The van der Waals surface area contributed by atoms with Crippen molar-refractivity contribution in [3.8, 4) is 0 Å². The van der Waals surface area contributed by atoms with Crippen LogP contribution < -0.4 is 16.1 Å². The number of anilines is 1. The Hall–Kier alpha value is -3.44. The lowest BCUT2D eigenvalue weighted by Gasteiger charge is -2.30. The summed E-state index contributed by atoms with van der Waals surface area (Å²) in [5, 5.41) is 18.2. The van der Waals surface area contributed by atoms with Crippen LogP contribution in [0.4, 0.5) is 5.69 Å². The van der Waals surface area contributed by atoms with Gasteiger partial charge in [0.05, 0.1) is 17.9 Å². The van der Waals surface area contributed by atoms with Gasteiger partial charge in [-0.15, -0.1) is 0 Å². The normalized spacial score (nSPS) is 16.1. The molecule has 2 aromatic rings. The van der Waals surface area contributed by atoms with E-state index in [0.29, 0.717) is 36.2 Å². The number of amides is 3. The minimum atomic E-state index is -3.44. The molecule has 1 aliphatic heterocycles. The summed E-state index contributed by atoms with van der Waals surface area (Å²) in [5.74, 6) is -1.70. The Bertz CT molecular complexity index is 1280. The highest BCUT2D eigenvalue weighted by atomic mass is 32.2. The molecule has 224 valence electrons. The maximum absolute atomic E-state index is 13.2. The first-order chi connectivity index (χ1) is 19.4. The number of aliphatic hydroxyl groups excluding tert-OH is 1. The number of carbonyl (C=O) groups is 3. The van der Waals surface area contributed by atoms with Gasteiger partial charge < -0.3 is 15.7 Å². The number of carbonyl (C=O) groups excluding carboxylic acids is 3. The summed E-state index contributed by atoms with van der Waals surface area (Å²) in [6.45, 7) is 6.11. The van der Waals surface area contributed by atoms with Crippen LogP contribution >= 0.6 is 0 Å². The van der Waals surface area contributed by atoms with Gasteiger partial charge in [0.15, 0.2) is 9.84 Å². The zero-order valence-corrected chi connectivity index (χ0v) is 24.8. The van der Waals surface area contributed by atoms with E-state index in [0.717, 1.165) is 12.8 Å². The van der Waals surface area contributed by atoms with Gasteiger partial charge >= 0.3 is 0 Å². The van der Waals surface area contributed by atoms with Crippen LogP contribution in [0.15, 0.2) is 54.6 Å². The molecule has 0 aromatic heterocycles. The number of sulfone groups is 1. The van der Waals surface area contributed by atoms with Crippen LogP contribution in [0.1, 0.15) is 68.8 Å². The fourth-order valence-corrected chi connectivity index (χ4v) is 5.90. The molecular formula is C30H42N4O6S.